The average Bonchev–Trinajstić information content (AvgIpc) is 2.84. The van der Waals surface area contributed by atoms with Crippen molar-refractivity contribution in [3.63, 3.8) is 0 Å². The Labute approximate surface area is 116 Å². The number of carbonyl (C=O) groups is 1. The lowest BCUT2D eigenvalue weighted by Gasteiger charge is -2.27. The first-order chi connectivity index (χ1) is 9.63. The number of amides is 1. The highest BCUT2D eigenvalue weighted by Gasteiger charge is 2.25. The number of hydrogen-bond acceptors (Lipinski definition) is 4. The fraction of sp³-hybridized carbons (Fsp3) is 0.400. The number of rotatable bonds is 2. The van der Waals surface area contributed by atoms with Crippen molar-refractivity contribution < 1.29 is 14.3 Å². The quantitative estimate of drug-likeness (QED) is 0.731. The van der Waals surface area contributed by atoms with Crippen LogP contribution in [-0.2, 0) is 0 Å². The van der Waals surface area contributed by atoms with E-state index in [2.05, 4.69) is 5.32 Å². The average molecular weight is 274 g/mol. The van der Waals surface area contributed by atoms with Gasteiger partial charge in [0.05, 0.1) is 12.1 Å². The maximum atomic E-state index is 12.2. The molecule has 1 aromatic heterocycles. The third kappa shape index (κ3) is 2.49. The monoisotopic (exact) mass is 274 g/mol. The first kappa shape index (κ1) is 13.0. The second kappa shape index (κ2) is 5.17. The topological polar surface area (TPSA) is 88.5 Å². The number of anilines is 1. The molecule has 5 heteroatoms. The van der Waals surface area contributed by atoms with Gasteiger partial charge in [-0.05, 0) is 37.1 Å². The van der Waals surface area contributed by atoms with E-state index in [1.165, 1.54) is 0 Å². The molecule has 0 spiro atoms. The molecule has 0 saturated heterocycles. The van der Waals surface area contributed by atoms with Crippen molar-refractivity contribution in [3.05, 3.63) is 30.0 Å². The lowest BCUT2D eigenvalue weighted by Crippen LogP contribution is -2.44. The number of nitrogen functional groups attached to an aromatic ring is 1. The molecule has 1 aliphatic rings. The number of furan rings is 1. The lowest BCUT2D eigenvalue weighted by atomic mass is 9.92. The maximum absolute atomic E-state index is 12.2. The van der Waals surface area contributed by atoms with Gasteiger partial charge in [0.25, 0.3) is 5.91 Å². The summed E-state index contributed by atoms with van der Waals surface area (Å²) in [5, 5.41) is 13.5. The van der Waals surface area contributed by atoms with Crippen LogP contribution in [0.15, 0.2) is 28.7 Å². The Bertz CT molecular complexity index is 635. The molecule has 1 fully saturated rings. The molecule has 1 saturated carbocycles. The minimum Gasteiger partial charge on any atom is -0.451 e. The van der Waals surface area contributed by atoms with Gasteiger partial charge in [-0.25, -0.2) is 0 Å². The fourth-order valence-electron chi connectivity index (χ4n) is 2.69. The summed E-state index contributed by atoms with van der Waals surface area (Å²) in [6, 6.07) is 6.74. The van der Waals surface area contributed by atoms with Crippen LogP contribution < -0.4 is 11.1 Å². The summed E-state index contributed by atoms with van der Waals surface area (Å²) in [5.74, 6) is -0.0332. The first-order valence-corrected chi connectivity index (χ1v) is 6.91. The number of aliphatic hydroxyl groups is 1. The molecule has 1 heterocycles. The van der Waals surface area contributed by atoms with Crippen LogP contribution in [0.1, 0.15) is 36.2 Å². The van der Waals surface area contributed by atoms with Gasteiger partial charge in [-0.2, -0.15) is 0 Å². The van der Waals surface area contributed by atoms with Gasteiger partial charge in [-0.15, -0.1) is 0 Å². The molecule has 3 rings (SSSR count). The maximum Gasteiger partial charge on any atom is 0.287 e. The van der Waals surface area contributed by atoms with E-state index < -0.39 is 6.10 Å². The number of fused-ring (bicyclic) bond motifs is 1. The van der Waals surface area contributed by atoms with E-state index in [9.17, 15) is 9.90 Å². The molecule has 0 bridgehead atoms. The van der Waals surface area contributed by atoms with Crippen LogP contribution in [0.4, 0.5) is 5.69 Å². The van der Waals surface area contributed by atoms with Gasteiger partial charge < -0.3 is 20.6 Å². The molecule has 0 radical (unpaired) electrons. The van der Waals surface area contributed by atoms with Gasteiger partial charge >= 0.3 is 0 Å². The van der Waals surface area contributed by atoms with Crippen molar-refractivity contribution in [2.45, 2.75) is 37.8 Å². The van der Waals surface area contributed by atoms with Crippen LogP contribution in [0.5, 0.6) is 0 Å². The summed E-state index contributed by atoms with van der Waals surface area (Å²) in [6.45, 7) is 0. The lowest BCUT2D eigenvalue weighted by molar-refractivity contribution is 0.0699. The highest BCUT2D eigenvalue weighted by molar-refractivity contribution is 5.96. The summed E-state index contributed by atoms with van der Waals surface area (Å²) in [5.41, 5.74) is 6.97. The van der Waals surface area contributed by atoms with Crippen molar-refractivity contribution in [1.82, 2.24) is 5.32 Å². The van der Waals surface area contributed by atoms with E-state index in [1.54, 1.807) is 24.3 Å². The Morgan fingerprint density at radius 1 is 1.30 bits per heavy atom. The van der Waals surface area contributed by atoms with Crippen LogP contribution >= 0.6 is 0 Å². The molecule has 5 nitrogen and oxygen atoms in total. The van der Waals surface area contributed by atoms with Gasteiger partial charge in [0, 0.05) is 11.1 Å². The number of nitrogens with one attached hydrogen (secondary N) is 1. The first-order valence-electron chi connectivity index (χ1n) is 6.91. The van der Waals surface area contributed by atoms with Crippen molar-refractivity contribution in [3.8, 4) is 0 Å². The molecule has 2 aromatic rings. The number of benzene rings is 1. The second-order valence-corrected chi connectivity index (χ2v) is 5.34. The molecule has 4 N–H and O–H groups in total. The number of carbonyl (C=O) groups excluding carboxylic acids is 1. The molecule has 2 atom stereocenters. The molecular formula is C15H18N2O3. The van der Waals surface area contributed by atoms with E-state index in [0.717, 1.165) is 31.1 Å². The molecule has 1 aliphatic carbocycles. The zero-order valence-electron chi connectivity index (χ0n) is 11.1. The summed E-state index contributed by atoms with van der Waals surface area (Å²) >= 11 is 0. The van der Waals surface area contributed by atoms with Crippen LogP contribution in [0.2, 0.25) is 0 Å². The normalized spacial score (nSPS) is 22.9. The summed E-state index contributed by atoms with van der Waals surface area (Å²) in [6.07, 6.45) is 3.12. The van der Waals surface area contributed by atoms with Gasteiger partial charge in [-0.1, -0.05) is 12.8 Å². The zero-order chi connectivity index (χ0) is 14.1. The molecule has 1 amide bonds. The Kier molecular flexibility index (Phi) is 3.36. The molecule has 20 heavy (non-hydrogen) atoms. The van der Waals surface area contributed by atoms with Gasteiger partial charge in [0.1, 0.15) is 5.58 Å². The van der Waals surface area contributed by atoms with E-state index in [0.29, 0.717) is 11.3 Å². The van der Waals surface area contributed by atoms with Crippen LogP contribution in [0, 0.1) is 0 Å². The van der Waals surface area contributed by atoms with E-state index in [4.69, 9.17) is 10.2 Å². The SMILES string of the molecule is Nc1ccc2oc(C(=O)NC3CCCCC3O)cc2c1. The molecule has 106 valence electrons. The van der Waals surface area contributed by atoms with Crippen molar-refractivity contribution in [1.29, 1.82) is 0 Å². The molecular weight excluding hydrogens is 256 g/mol. The van der Waals surface area contributed by atoms with Gasteiger partial charge in [0.2, 0.25) is 0 Å². The number of aliphatic hydroxyl groups excluding tert-OH is 1. The van der Waals surface area contributed by atoms with Gasteiger partial charge in [0.15, 0.2) is 5.76 Å². The Hall–Kier alpha value is -2.01. The van der Waals surface area contributed by atoms with E-state index in [1.807, 2.05) is 0 Å². The van der Waals surface area contributed by atoms with Crippen molar-refractivity contribution in [2.75, 3.05) is 5.73 Å². The van der Waals surface area contributed by atoms with Crippen molar-refractivity contribution in [2.24, 2.45) is 0 Å². The van der Waals surface area contributed by atoms with Gasteiger partial charge in [-0.3, -0.25) is 4.79 Å². The second-order valence-electron chi connectivity index (χ2n) is 5.34. The van der Waals surface area contributed by atoms with Crippen LogP contribution in [0.3, 0.4) is 0 Å². The molecule has 2 unspecified atom stereocenters. The third-order valence-electron chi connectivity index (χ3n) is 3.81. The number of hydrogen-bond donors (Lipinski definition) is 3. The highest BCUT2D eigenvalue weighted by Crippen LogP contribution is 2.23. The number of nitrogens with two attached hydrogens (primary N) is 1. The molecule has 1 aromatic carbocycles. The smallest absolute Gasteiger partial charge is 0.287 e. The van der Waals surface area contributed by atoms with Crippen LogP contribution in [0.25, 0.3) is 11.0 Å². The van der Waals surface area contributed by atoms with E-state index in [-0.39, 0.29) is 17.7 Å². The summed E-state index contributed by atoms with van der Waals surface area (Å²) in [7, 11) is 0. The largest absolute Gasteiger partial charge is 0.451 e. The van der Waals surface area contributed by atoms with E-state index >= 15 is 0 Å². The predicted octanol–water partition coefficient (Wildman–Crippen LogP) is 2.05. The minimum atomic E-state index is -0.465. The summed E-state index contributed by atoms with van der Waals surface area (Å²) in [4.78, 5) is 12.2. The fourth-order valence-corrected chi connectivity index (χ4v) is 2.69. The Morgan fingerprint density at radius 3 is 2.90 bits per heavy atom. The highest BCUT2D eigenvalue weighted by atomic mass is 16.3. The predicted molar refractivity (Wildman–Crippen MR) is 76.4 cm³/mol. The third-order valence-corrected chi connectivity index (χ3v) is 3.81. The minimum absolute atomic E-state index is 0.186. The molecule has 0 aliphatic heterocycles. The summed E-state index contributed by atoms with van der Waals surface area (Å²) < 4.78 is 5.51. The van der Waals surface area contributed by atoms with Crippen molar-refractivity contribution >= 4 is 22.6 Å². The zero-order valence-corrected chi connectivity index (χ0v) is 11.1. The van der Waals surface area contributed by atoms with Crippen LogP contribution in [-0.4, -0.2) is 23.2 Å². The Morgan fingerprint density at radius 2 is 2.10 bits per heavy atom. The Balaban J connectivity index is 1.78. The standard InChI is InChI=1S/C15H18N2O3/c16-10-5-6-13-9(7-10)8-14(20-13)15(19)17-11-3-1-2-4-12(11)18/h5-8,11-12,18H,1-4,16H2,(H,17,19).